The Kier molecular flexibility index (Phi) is 9.27. The van der Waals surface area contributed by atoms with Crippen LogP contribution in [0.3, 0.4) is 0 Å². The number of carbonyl (C=O) groups is 1. The number of hydrogen-bond acceptors (Lipinski definition) is 9. The topological polar surface area (TPSA) is 139 Å². The summed E-state index contributed by atoms with van der Waals surface area (Å²) in [4.78, 5) is 15.7. The van der Waals surface area contributed by atoms with Crippen molar-refractivity contribution >= 4 is 43.5 Å². The summed E-state index contributed by atoms with van der Waals surface area (Å²) in [6, 6.07) is 5.81. The van der Waals surface area contributed by atoms with E-state index in [9.17, 15) is 28.9 Å². The van der Waals surface area contributed by atoms with Crippen molar-refractivity contribution in [1.29, 1.82) is 0 Å². The van der Waals surface area contributed by atoms with Gasteiger partial charge in [0, 0.05) is 27.3 Å². The Bertz CT molecular complexity index is 1440. The van der Waals surface area contributed by atoms with Gasteiger partial charge in [-0.05, 0) is 43.2 Å². The second kappa shape index (κ2) is 12.6. The average Bonchev–Trinajstić information content (AvgIpc) is 3.44. The van der Waals surface area contributed by atoms with Gasteiger partial charge in [0.25, 0.3) is 5.91 Å². The van der Waals surface area contributed by atoms with E-state index in [1.807, 2.05) is 0 Å². The van der Waals surface area contributed by atoms with Crippen molar-refractivity contribution < 1.29 is 43.1 Å². The number of aliphatic hydroxyl groups excluding tert-OH is 3. The number of benzene rings is 2. The summed E-state index contributed by atoms with van der Waals surface area (Å²) in [5, 5.41) is 40.0. The Balaban J connectivity index is 1.53. The first kappa shape index (κ1) is 30.9. The highest BCUT2D eigenvalue weighted by atomic mass is 79.9. The Morgan fingerprint density at radius 3 is 2.43 bits per heavy atom. The zero-order chi connectivity index (χ0) is 30.3. The SMILES string of the molecule is COc1cc(-c2cn(C3C(O)C(CO)OC(C(=O)N(c4cc(Br)cc(Br)c4)[C@@H]4CC[C@H]4O)C3OC)nn2)cc(F)c1F. The van der Waals surface area contributed by atoms with Crippen molar-refractivity contribution in [3.05, 3.63) is 57.1 Å². The highest BCUT2D eigenvalue weighted by molar-refractivity contribution is 9.11. The number of ether oxygens (including phenoxy) is 3. The Morgan fingerprint density at radius 1 is 1.14 bits per heavy atom. The Labute approximate surface area is 256 Å². The highest BCUT2D eigenvalue weighted by Crippen LogP contribution is 2.38. The van der Waals surface area contributed by atoms with Gasteiger partial charge >= 0.3 is 0 Å². The van der Waals surface area contributed by atoms with Crippen LogP contribution in [0, 0.1) is 11.6 Å². The Hall–Kier alpha value is -2.53. The first-order valence-corrected chi connectivity index (χ1v) is 14.6. The molecule has 11 nitrogen and oxygen atoms in total. The van der Waals surface area contributed by atoms with E-state index in [1.54, 1.807) is 18.2 Å². The van der Waals surface area contributed by atoms with E-state index in [4.69, 9.17) is 14.2 Å². The van der Waals surface area contributed by atoms with Crippen LogP contribution in [0.25, 0.3) is 11.3 Å². The van der Waals surface area contributed by atoms with Crippen molar-refractivity contribution in [2.75, 3.05) is 25.7 Å². The molecule has 1 aromatic heterocycles. The van der Waals surface area contributed by atoms with Crippen molar-refractivity contribution in [3.63, 3.8) is 0 Å². The highest BCUT2D eigenvalue weighted by Gasteiger charge is 2.52. The lowest BCUT2D eigenvalue weighted by Gasteiger charge is -2.47. The third-order valence-corrected chi connectivity index (χ3v) is 8.52. The number of halogens is 4. The molecule has 3 N–H and O–H groups in total. The van der Waals surface area contributed by atoms with Crippen LogP contribution in [0.5, 0.6) is 5.75 Å². The molecule has 3 aromatic rings. The number of hydrogen-bond donors (Lipinski definition) is 3. The number of nitrogens with zero attached hydrogens (tertiary/aromatic N) is 4. The number of anilines is 1. The molecule has 1 aliphatic carbocycles. The Morgan fingerprint density at radius 2 is 1.86 bits per heavy atom. The van der Waals surface area contributed by atoms with Crippen LogP contribution >= 0.6 is 31.9 Å². The molecule has 42 heavy (non-hydrogen) atoms. The predicted molar refractivity (Wildman–Crippen MR) is 152 cm³/mol. The largest absolute Gasteiger partial charge is 0.494 e. The van der Waals surface area contributed by atoms with Crippen LogP contribution < -0.4 is 9.64 Å². The lowest BCUT2D eigenvalue weighted by molar-refractivity contribution is -0.211. The quantitative estimate of drug-likeness (QED) is 0.321. The molecule has 2 heterocycles. The number of rotatable bonds is 8. The molecule has 0 bridgehead atoms. The summed E-state index contributed by atoms with van der Waals surface area (Å²) in [6.07, 6.45) is -3.43. The summed E-state index contributed by atoms with van der Waals surface area (Å²) in [5.74, 6) is -3.19. The minimum absolute atomic E-state index is 0.127. The maximum atomic E-state index is 14.3. The third kappa shape index (κ3) is 5.70. The molecule has 2 aromatic carbocycles. The summed E-state index contributed by atoms with van der Waals surface area (Å²) in [7, 11) is 2.54. The number of aromatic nitrogens is 3. The monoisotopic (exact) mass is 716 g/mol. The van der Waals surface area contributed by atoms with Gasteiger partial charge in [-0.15, -0.1) is 5.10 Å². The number of amides is 1. The zero-order valence-electron chi connectivity index (χ0n) is 22.4. The van der Waals surface area contributed by atoms with Gasteiger partial charge in [-0.2, -0.15) is 4.39 Å². The van der Waals surface area contributed by atoms with Gasteiger partial charge in [-0.1, -0.05) is 37.1 Å². The van der Waals surface area contributed by atoms with Gasteiger partial charge in [0.15, 0.2) is 17.7 Å². The minimum Gasteiger partial charge on any atom is -0.494 e. The predicted octanol–water partition coefficient (Wildman–Crippen LogP) is 2.99. The zero-order valence-corrected chi connectivity index (χ0v) is 25.6. The summed E-state index contributed by atoms with van der Waals surface area (Å²) < 4.78 is 47.4. The molecule has 5 unspecified atom stereocenters. The van der Waals surface area contributed by atoms with Crippen molar-refractivity contribution in [2.24, 2.45) is 0 Å². The maximum Gasteiger partial charge on any atom is 0.259 e. The summed E-state index contributed by atoms with van der Waals surface area (Å²) >= 11 is 6.88. The molecule has 0 spiro atoms. The molecule has 5 rings (SSSR count). The fourth-order valence-corrected chi connectivity index (χ4v) is 6.61. The molecule has 1 amide bonds. The van der Waals surface area contributed by atoms with E-state index in [0.29, 0.717) is 27.5 Å². The number of carbonyl (C=O) groups excluding carboxylic acids is 1. The fraction of sp³-hybridized carbons (Fsp3) is 0.444. The molecule has 226 valence electrons. The van der Waals surface area contributed by atoms with Crippen LogP contribution in [0.4, 0.5) is 14.5 Å². The van der Waals surface area contributed by atoms with Gasteiger partial charge < -0.3 is 34.4 Å². The van der Waals surface area contributed by atoms with Crippen molar-refractivity contribution in [3.8, 4) is 17.0 Å². The molecule has 1 saturated heterocycles. The van der Waals surface area contributed by atoms with E-state index in [1.165, 1.54) is 36.1 Å². The van der Waals surface area contributed by atoms with E-state index >= 15 is 0 Å². The van der Waals surface area contributed by atoms with Crippen molar-refractivity contribution in [1.82, 2.24) is 15.0 Å². The molecule has 1 aliphatic heterocycles. The maximum absolute atomic E-state index is 14.3. The molecule has 2 aliphatic rings. The fourth-order valence-electron chi connectivity index (χ4n) is 5.34. The van der Waals surface area contributed by atoms with Crippen molar-refractivity contribution in [2.45, 2.75) is 55.4 Å². The second-order valence-electron chi connectivity index (χ2n) is 10.1. The van der Waals surface area contributed by atoms with Gasteiger partial charge in [0.05, 0.1) is 32.1 Å². The summed E-state index contributed by atoms with van der Waals surface area (Å²) in [6.45, 7) is -0.631. The van der Waals surface area contributed by atoms with Crippen LogP contribution in [0.2, 0.25) is 0 Å². The van der Waals surface area contributed by atoms with Crippen LogP contribution in [-0.2, 0) is 14.3 Å². The first-order chi connectivity index (χ1) is 20.1. The lowest BCUT2D eigenvalue weighted by Crippen LogP contribution is -2.64. The molecular weight excluding hydrogens is 690 g/mol. The molecule has 0 radical (unpaired) electrons. The first-order valence-electron chi connectivity index (χ1n) is 13.0. The lowest BCUT2D eigenvalue weighted by atomic mass is 9.85. The summed E-state index contributed by atoms with van der Waals surface area (Å²) in [5.41, 5.74) is 0.772. The number of aliphatic hydroxyl groups is 3. The normalized spacial score (nSPS) is 27.4. The molecule has 1 saturated carbocycles. The molecule has 2 fully saturated rings. The van der Waals surface area contributed by atoms with Crippen LogP contribution in [0.1, 0.15) is 18.9 Å². The van der Waals surface area contributed by atoms with E-state index in [-0.39, 0.29) is 17.0 Å². The van der Waals surface area contributed by atoms with E-state index in [0.717, 1.165) is 6.07 Å². The number of methoxy groups -OCH3 is 2. The molecule has 7 atom stereocenters. The van der Waals surface area contributed by atoms with Crippen LogP contribution in [0.15, 0.2) is 45.5 Å². The molecular formula is C27H28Br2F2N4O7. The van der Waals surface area contributed by atoms with E-state index < -0.39 is 66.8 Å². The van der Waals surface area contributed by atoms with Gasteiger partial charge in [-0.3, -0.25) is 4.79 Å². The smallest absolute Gasteiger partial charge is 0.259 e. The molecule has 15 heteroatoms. The standard InChI is InChI=1S/C27H28Br2F2N4O7/c1-40-20-6-12(5-16(30)22(20)31)17-10-34(33-32-17)23-24(38)21(11-36)42-26(25(23)41-2)27(39)35(18-3-4-19(18)37)15-8-13(28)7-14(29)9-15/h5-10,18-19,21,23-26,36-38H,3-4,11H2,1-2H3/t18-,19-,21?,23?,24?,25?,26?/m1/s1. The van der Waals surface area contributed by atoms with Gasteiger partial charge in [0.2, 0.25) is 5.82 Å². The van der Waals surface area contributed by atoms with E-state index in [2.05, 4.69) is 42.2 Å². The second-order valence-corrected chi connectivity index (χ2v) is 11.9. The third-order valence-electron chi connectivity index (χ3n) is 7.61. The van der Waals surface area contributed by atoms with Crippen LogP contribution in [-0.4, -0.2) is 93.6 Å². The van der Waals surface area contributed by atoms with Gasteiger partial charge in [-0.25, -0.2) is 9.07 Å². The average molecular weight is 718 g/mol. The van der Waals surface area contributed by atoms with Gasteiger partial charge in [0.1, 0.15) is 30.0 Å². The minimum atomic E-state index is -1.40.